The van der Waals surface area contributed by atoms with Crippen molar-refractivity contribution in [2.45, 2.75) is 104 Å². The number of anilines is 1. The van der Waals surface area contributed by atoms with Crippen molar-refractivity contribution in [3.8, 4) is 16.2 Å². The van der Waals surface area contributed by atoms with E-state index in [4.69, 9.17) is 35.5 Å². The number of halogens is 1. The van der Waals surface area contributed by atoms with Crippen molar-refractivity contribution in [2.75, 3.05) is 111 Å². The monoisotopic (exact) mass is 1210 g/mol. The highest BCUT2D eigenvalue weighted by atomic mass is 35.5. The summed E-state index contributed by atoms with van der Waals surface area (Å²) in [6.07, 6.45) is 4.36. The van der Waals surface area contributed by atoms with Crippen molar-refractivity contribution in [1.29, 1.82) is 0 Å². The van der Waals surface area contributed by atoms with Crippen LogP contribution < -0.4 is 20.3 Å². The number of amides is 3. The van der Waals surface area contributed by atoms with Crippen LogP contribution in [0.1, 0.15) is 93.2 Å². The minimum atomic E-state index is -2.49. The van der Waals surface area contributed by atoms with Crippen LogP contribution in [0.15, 0.2) is 78.4 Å². The maximum Gasteiger partial charge on any atom is 0.243 e. The average molecular weight is 1210 g/mol. The van der Waals surface area contributed by atoms with E-state index in [1.54, 1.807) is 38.0 Å². The lowest BCUT2D eigenvalue weighted by atomic mass is 9.76. The molecule has 0 saturated carbocycles. The Morgan fingerprint density at radius 1 is 0.845 bits per heavy atom. The number of ketones is 1. The molecule has 454 valence electrons. The molecule has 0 unspecified atom stereocenters. The molecule has 0 aliphatic carbocycles. The number of carbonyl (C=O) groups excluding carboxylic acids is 4. The Kier molecular flexibility index (Phi) is 23.1. The molecular formula is C63H84ClN8O10PS. The Hall–Kier alpha value is -5.63. The number of thiazole rings is 1. The van der Waals surface area contributed by atoms with Crippen LogP contribution in [0.5, 0.6) is 5.75 Å². The number of piperidine rings is 1. The number of nitrogens with one attached hydrogen (secondary N) is 1. The number of hydrogen-bond donors (Lipinski definition) is 2. The number of aryl methyl sites for hydroxylation is 1. The number of ether oxygens (including phenoxy) is 4. The zero-order valence-electron chi connectivity index (χ0n) is 49.9. The van der Waals surface area contributed by atoms with Crippen LogP contribution in [0.4, 0.5) is 5.69 Å². The summed E-state index contributed by atoms with van der Waals surface area (Å²) in [6.45, 7) is 18.3. The van der Waals surface area contributed by atoms with Crippen LogP contribution in [-0.4, -0.2) is 182 Å². The smallest absolute Gasteiger partial charge is 0.243 e. The average Bonchev–Trinajstić information content (AvgIpc) is 3.03. The number of aliphatic hydroxyl groups excluding tert-OH is 1. The number of carbonyl (C=O) groups is 4. The van der Waals surface area contributed by atoms with E-state index in [9.17, 15) is 28.8 Å². The number of benzene rings is 3. The fraction of sp³-hybridized carbons (Fsp3) is 0.540. The zero-order chi connectivity index (χ0) is 60.0. The van der Waals surface area contributed by atoms with E-state index < -0.39 is 30.6 Å². The highest BCUT2D eigenvalue weighted by Crippen LogP contribution is 2.38. The standard InChI is InChI=1S/C63H84ClN8O10PS/c1-43-60(84-42-67-43)45-14-12-44(13-15-45)39-66-61(76)55-38-51(74)41-72(55)62(77)52(63(2,3)4)37-50(73)20-28-80-30-32-82-33-31-81-29-21-59(75)71-26-24-70(25-27-71)48-18-22-69(23-19-48)49-17-16-46(56(36-49)79-5)35-58-65-40-53(64)54(68-58)34-47-10-8-9-11-57(47)83(6,7)78/h8-17,36,40,42,48,51-52,55,74H,18-35,37-39,41H2,1-7H3,(H,66,76)/t51-,52-,55+/m1/s1. The molecule has 3 atom stereocenters. The third-order valence-corrected chi connectivity index (χ3v) is 19.1. The summed E-state index contributed by atoms with van der Waals surface area (Å²) in [7, 11) is -0.804. The van der Waals surface area contributed by atoms with Crippen LogP contribution in [0.3, 0.4) is 0 Å². The minimum Gasteiger partial charge on any atom is -0.496 e. The van der Waals surface area contributed by atoms with E-state index in [2.05, 4.69) is 43.3 Å². The molecule has 8 rings (SSSR count). The molecule has 3 amide bonds. The molecule has 21 heteroatoms. The van der Waals surface area contributed by atoms with Crippen LogP contribution >= 0.6 is 30.1 Å². The maximum atomic E-state index is 14.1. The highest BCUT2D eigenvalue weighted by Gasteiger charge is 2.44. The van der Waals surface area contributed by atoms with Gasteiger partial charge >= 0.3 is 0 Å². The van der Waals surface area contributed by atoms with Gasteiger partial charge in [-0.15, -0.1) is 11.3 Å². The number of rotatable bonds is 27. The molecule has 3 fully saturated rings. The number of likely N-dealkylation sites (tertiary alicyclic amines) is 1. The lowest BCUT2D eigenvalue weighted by Crippen LogP contribution is -2.54. The fourth-order valence-electron chi connectivity index (χ4n) is 11.4. The Morgan fingerprint density at radius 3 is 2.18 bits per heavy atom. The van der Waals surface area contributed by atoms with E-state index >= 15 is 0 Å². The van der Waals surface area contributed by atoms with Crippen LogP contribution in [0.25, 0.3) is 10.4 Å². The van der Waals surface area contributed by atoms with Gasteiger partial charge in [0.2, 0.25) is 17.7 Å². The molecule has 2 aromatic heterocycles. The largest absolute Gasteiger partial charge is 0.496 e. The molecule has 18 nitrogen and oxygen atoms in total. The number of piperazine rings is 1. The number of β-amino-alcohol motifs (C(OH)–C–C–N with tert-alkyl or cyclic N) is 1. The normalized spacial score (nSPS) is 17.6. The number of nitrogens with zero attached hydrogens (tertiary/aromatic N) is 7. The molecule has 3 aliphatic rings. The van der Waals surface area contributed by atoms with Crippen molar-refractivity contribution < 1.29 is 47.8 Å². The first kappa shape index (κ1) is 64.4. The van der Waals surface area contributed by atoms with E-state index in [-0.39, 0.29) is 69.1 Å². The van der Waals surface area contributed by atoms with Gasteiger partial charge in [0.25, 0.3) is 0 Å². The lowest BCUT2D eigenvalue weighted by molar-refractivity contribution is -0.146. The molecule has 5 aromatic rings. The third-order valence-electron chi connectivity index (χ3n) is 16.2. The van der Waals surface area contributed by atoms with Crippen LogP contribution in [0, 0.1) is 18.3 Å². The summed E-state index contributed by atoms with van der Waals surface area (Å²) in [5, 5.41) is 14.9. The van der Waals surface area contributed by atoms with Crippen molar-refractivity contribution in [2.24, 2.45) is 11.3 Å². The van der Waals surface area contributed by atoms with Gasteiger partial charge in [-0.2, -0.15) is 0 Å². The molecule has 3 aliphatic heterocycles. The molecule has 3 aromatic carbocycles. The van der Waals surface area contributed by atoms with Gasteiger partial charge in [-0.1, -0.05) is 87.0 Å². The second-order valence-corrected chi connectivity index (χ2v) is 28.1. The summed E-state index contributed by atoms with van der Waals surface area (Å²) in [5.41, 5.74) is 7.91. The Balaban J connectivity index is 0.662. The van der Waals surface area contributed by atoms with Crippen LogP contribution in [0.2, 0.25) is 5.02 Å². The van der Waals surface area contributed by atoms with Crippen molar-refractivity contribution >= 4 is 64.6 Å². The molecule has 3 saturated heterocycles. The van der Waals surface area contributed by atoms with Gasteiger partial charge in [0.1, 0.15) is 30.5 Å². The molecule has 0 bridgehead atoms. The SMILES string of the molecule is COc1cc(N2CCC(N3CCN(C(=O)CCOCCOCCOCCC(=O)C[C@H](C(=O)N4C[C@H](O)C[C@H]4C(=O)NCc4ccc(-c5scnc5C)cc4)C(C)(C)C)CC3)CC2)ccc1Cc1ncc(Cl)c(Cc2ccccc2P(C)(C)=O)n1. The summed E-state index contributed by atoms with van der Waals surface area (Å²) < 4.78 is 36.0. The second-order valence-electron chi connectivity index (χ2n) is 23.6. The van der Waals surface area contributed by atoms with Gasteiger partial charge in [-0.25, -0.2) is 15.0 Å². The van der Waals surface area contributed by atoms with Gasteiger partial charge in [0.05, 0.1) is 86.1 Å². The molecule has 2 N–H and O–H groups in total. The van der Waals surface area contributed by atoms with E-state index in [1.807, 2.05) is 86.6 Å². The van der Waals surface area contributed by atoms with E-state index in [1.165, 1.54) is 4.90 Å². The number of methoxy groups -OCH3 is 1. The Bertz CT molecular complexity index is 3060. The number of aromatic nitrogens is 3. The van der Waals surface area contributed by atoms with Gasteiger partial charge < -0.3 is 48.6 Å². The molecule has 0 spiro atoms. The number of aliphatic hydroxyl groups is 1. The molecule has 84 heavy (non-hydrogen) atoms. The Morgan fingerprint density at radius 2 is 1.52 bits per heavy atom. The summed E-state index contributed by atoms with van der Waals surface area (Å²) in [4.78, 5) is 77.0. The molecule has 5 heterocycles. The van der Waals surface area contributed by atoms with Gasteiger partial charge in [-0.3, -0.25) is 24.1 Å². The first-order valence-corrected chi connectivity index (χ1v) is 33.2. The Labute approximate surface area is 504 Å². The summed E-state index contributed by atoms with van der Waals surface area (Å²) in [5.74, 6) is 0.0467. The first-order valence-electron chi connectivity index (χ1n) is 29.3. The van der Waals surface area contributed by atoms with Gasteiger partial charge in [0, 0.05) is 125 Å². The van der Waals surface area contributed by atoms with Crippen molar-refractivity contribution in [3.63, 3.8) is 0 Å². The first-order chi connectivity index (χ1) is 40.2. The van der Waals surface area contributed by atoms with Crippen molar-refractivity contribution in [1.82, 2.24) is 35.0 Å². The van der Waals surface area contributed by atoms with Gasteiger partial charge in [0.15, 0.2) is 0 Å². The predicted octanol–water partition coefficient (Wildman–Crippen LogP) is 7.84. The fourth-order valence-corrected chi connectivity index (χ4v) is 13.7. The minimum absolute atomic E-state index is 0.00297. The summed E-state index contributed by atoms with van der Waals surface area (Å²) in [6, 6.07) is 21.6. The van der Waals surface area contributed by atoms with E-state index in [0.717, 1.165) is 88.6 Å². The van der Waals surface area contributed by atoms with E-state index in [0.29, 0.717) is 81.4 Å². The topological polar surface area (TPSA) is 206 Å². The predicted molar refractivity (Wildman–Crippen MR) is 329 cm³/mol. The van der Waals surface area contributed by atoms with Gasteiger partial charge in [-0.05, 0) is 61.3 Å². The second kappa shape index (κ2) is 30.1. The van der Waals surface area contributed by atoms with Crippen molar-refractivity contribution in [3.05, 3.63) is 117 Å². The third kappa shape index (κ3) is 17.7. The quantitative estimate of drug-likeness (QED) is 0.0380. The zero-order valence-corrected chi connectivity index (χ0v) is 52.3. The molecular weight excluding hydrogens is 1130 g/mol. The lowest BCUT2D eigenvalue weighted by Gasteiger charge is -2.43. The number of Topliss-reactive ketones (excluding diaryl/α,β-unsaturated/α-hetero) is 1. The number of hydrogen-bond acceptors (Lipinski definition) is 16. The maximum absolute atomic E-state index is 14.1. The van der Waals surface area contributed by atoms with Crippen LogP contribution in [-0.2, 0) is 57.3 Å². The summed E-state index contributed by atoms with van der Waals surface area (Å²) >= 11 is 8.16. The molecule has 0 radical (unpaired) electrons. The highest BCUT2D eigenvalue weighted by molar-refractivity contribution is 7.70.